The molecule has 0 bridgehead atoms. The Hall–Kier alpha value is -1.58. The second-order valence-electron chi connectivity index (χ2n) is 6.07. The standard InChI is InChI=1S/C20H27ClN4O2.HI/c1-15-5-7-17(18(11-15)27-10-4-9-26-3)14-25-20(22-2)24-13-16-6-8-19(21)23-12-16;/h5-8,11-12H,4,9-10,13-14H2,1-3H3,(H2,22,24,25);1H. The van der Waals surface area contributed by atoms with Crippen molar-refractivity contribution in [2.75, 3.05) is 27.4 Å². The first-order valence-electron chi connectivity index (χ1n) is 8.88. The molecule has 0 fully saturated rings. The third-order valence-electron chi connectivity index (χ3n) is 3.89. The van der Waals surface area contributed by atoms with Crippen molar-refractivity contribution in [3.05, 3.63) is 58.4 Å². The lowest BCUT2D eigenvalue weighted by Crippen LogP contribution is -2.36. The zero-order valence-corrected chi connectivity index (χ0v) is 19.6. The van der Waals surface area contributed by atoms with Crippen molar-refractivity contribution in [3.8, 4) is 5.75 Å². The van der Waals surface area contributed by atoms with Crippen LogP contribution in [0.2, 0.25) is 5.15 Å². The first kappa shape index (κ1) is 24.5. The molecule has 2 rings (SSSR count). The second-order valence-corrected chi connectivity index (χ2v) is 6.46. The maximum atomic E-state index is 5.93. The topological polar surface area (TPSA) is 67.8 Å². The Labute approximate surface area is 189 Å². The maximum Gasteiger partial charge on any atom is 0.191 e. The number of nitrogens with zero attached hydrogens (tertiary/aromatic N) is 2. The highest BCUT2D eigenvalue weighted by Crippen LogP contribution is 2.20. The first-order valence-corrected chi connectivity index (χ1v) is 9.26. The Balaban J connectivity index is 0.00000392. The molecule has 1 aromatic carbocycles. The first-order chi connectivity index (χ1) is 13.1. The molecule has 28 heavy (non-hydrogen) atoms. The van der Waals surface area contributed by atoms with E-state index in [1.165, 1.54) is 5.56 Å². The summed E-state index contributed by atoms with van der Waals surface area (Å²) < 4.78 is 11.0. The molecule has 8 heteroatoms. The van der Waals surface area contributed by atoms with Crippen molar-refractivity contribution in [1.82, 2.24) is 15.6 Å². The highest BCUT2D eigenvalue weighted by Gasteiger charge is 2.06. The monoisotopic (exact) mass is 518 g/mol. The van der Waals surface area contributed by atoms with E-state index in [4.69, 9.17) is 21.1 Å². The summed E-state index contributed by atoms with van der Waals surface area (Å²) in [5.74, 6) is 1.59. The summed E-state index contributed by atoms with van der Waals surface area (Å²) >= 11 is 5.81. The van der Waals surface area contributed by atoms with Crippen molar-refractivity contribution in [1.29, 1.82) is 0 Å². The molecular weight excluding hydrogens is 491 g/mol. The number of pyridine rings is 1. The molecule has 0 aliphatic heterocycles. The van der Waals surface area contributed by atoms with E-state index in [1.807, 2.05) is 6.07 Å². The number of methoxy groups -OCH3 is 1. The van der Waals surface area contributed by atoms with Crippen LogP contribution < -0.4 is 15.4 Å². The number of aromatic nitrogens is 1. The molecule has 0 saturated carbocycles. The van der Waals surface area contributed by atoms with E-state index in [0.717, 1.165) is 23.3 Å². The lowest BCUT2D eigenvalue weighted by Gasteiger charge is -2.15. The van der Waals surface area contributed by atoms with Gasteiger partial charge in [0.25, 0.3) is 0 Å². The minimum absolute atomic E-state index is 0. The van der Waals surface area contributed by atoms with Crippen LogP contribution >= 0.6 is 35.6 Å². The summed E-state index contributed by atoms with van der Waals surface area (Å²) in [6.07, 6.45) is 2.60. The average Bonchev–Trinajstić information content (AvgIpc) is 2.68. The smallest absolute Gasteiger partial charge is 0.191 e. The minimum Gasteiger partial charge on any atom is -0.493 e. The average molecular weight is 519 g/mol. The van der Waals surface area contributed by atoms with Gasteiger partial charge in [0.05, 0.1) is 6.61 Å². The third-order valence-corrected chi connectivity index (χ3v) is 4.12. The van der Waals surface area contributed by atoms with Crippen LogP contribution in [0.4, 0.5) is 0 Å². The van der Waals surface area contributed by atoms with Gasteiger partial charge in [0, 0.05) is 52.0 Å². The van der Waals surface area contributed by atoms with Gasteiger partial charge in [0.15, 0.2) is 5.96 Å². The van der Waals surface area contributed by atoms with Gasteiger partial charge in [0.1, 0.15) is 10.9 Å². The summed E-state index contributed by atoms with van der Waals surface area (Å²) in [4.78, 5) is 8.34. The van der Waals surface area contributed by atoms with Gasteiger partial charge in [-0.2, -0.15) is 0 Å². The van der Waals surface area contributed by atoms with Crippen molar-refractivity contribution < 1.29 is 9.47 Å². The zero-order valence-electron chi connectivity index (χ0n) is 16.5. The van der Waals surface area contributed by atoms with Gasteiger partial charge in [-0.15, -0.1) is 24.0 Å². The van der Waals surface area contributed by atoms with Crippen molar-refractivity contribution in [2.45, 2.75) is 26.4 Å². The fraction of sp³-hybridized carbons (Fsp3) is 0.400. The van der Waals surface area contributed by atoms with E-state index in [9.17, 15) is 0 Å². The van der Waals surface area contributed by atoms with E-state index in [0.29, 0.717) is 37.4 Å². The van der Waals surface area contributed by atoms with Gasteiger partial charge >= 0.3 is 0 Å². The van der Waals surface area contributed by atoms with E-state index >= 15 is 0 Å². The normalized spacial score (nSPS) is 10.9. The number of rotatable bonds is 9. The molecule has 0 saturated heterocycles. The Morgan fingerprint density at radius 1 is 1.14 bits per heavy atom. The number of nitrogens with one attached hydrogen (secondary N) is 2. The molecule has 0 aliphatic carbocycles. The fourth-order valence-electron chi connectivity index (χ4n) is 2.42. The molecule has 0 amide bonds. The molecule has 0 aliphatic rings. The number of hydrogen-bond acceptors (Lipinski definition) is 4. The predicted octanol–water partition coefficient (Wildman–Crippen LogP) is 3.94. The van der Waals surface area contributed by atoms with Gasteiger partial charge in [-0.3, -0.25) is 4.99 Å². The van der Waals surface area contributed by atoms with Gasteiger partial charge in [-0.05, 0) is 30.2 Å². The Bertz CT molecular complexity index is 741. The molecule has 0 radical (unpaired) electrons. The highest BCUT2D eigenvalue weighted by molar-refractivity contribution is 14.0. The van der Waals surface area contributed by atoms with Crippen molar-refractivity contribution in [3.63, 3.8) is 0 Å². The van der Waals surface area contributed by atoms with Gasteiger partial charge in [0.2, 0.25) is 0 Å². The van der Waals surface area contributed by atoms with Crippen LogP contribution in [-0.4, -0.2) is 38.3 Å². The number of hydrogen-bond donors (Lipinski definition) is 2. The van der Waals surface area contributed by atoms with Crippen LogP contribution in [0.1, 0.15) is 23.1 Å². The van der Waals surface area contributed by atoms with E-state index < -0.39 is 0 Å². The van der Waals surface area contributed by atoms with E-state index in [2.05, 4.69) is 45.7 Å². The maximum absolute atomic E-state index is 5.93. The van der Waals surface area contributed by atoms with Crippen LogP contribution in [0.5, 0.6) is 5.75 Å². The highest BCUT2D eigenvalue weighted by atomic mass is 127. The lowest BCUT2D eigenvalue weighted by atomic mass is 10.1. The van der Waals surface area contributed by atoms with E-state index in [-0.39, 0.29) is 24.0 Å². The summed E-state index contributed by atoms with van der Waals surface area (Å²) in [5, 5.41) is 7.07. The summed E-state index contributed by atoms with van der Waals surface area (Å²) in [6, 6.07) is 9.91. The van der Waals surface area contributed by atoms with Crippen LogP contribution in [0.15, 0.2) is 41.5 Å². The number of aliphatic imine (C=N–C) groups is 1. The summed E-state index contributed by atoms with van der Waals surface area (Å²) in [6.45, 7) is 4.59. The largest absolute Gasteiger partial charge is 0.493 e. The van der Waals surface area contributed by atoms with Crippen molar-refractivity contribution in [2.24, 2.45) is 4.99 Å². The quantitative estimate of drug-likeness (QED) is 0.173. The number of ether oxygens (including phenoxy) is 2. The molecule has 1 aromatic heterocycles. The Morgan fingerprint density at radius 3 is 2.61 bits per heavy atom. The SMILES string of the molecule is CN=C(NCc1ccc(Cl)nc1)NCc1ccc(C)cc1OCCCOC.I. The van der Waals surface area contributed by atoms with Crippen LogP contribution in [0, 0.1) is 6.92 Å². The molecule has 1 heterocycles. The predicted molar refractivity (Wildman–Crippen MR) is 125 cm³/mol. The molecule has 6 nitrogen and oxygen atoms in total. The Morgan fingerprint density at radius 2 is 1.93 bits per heavy atom. The van der Waals surface area contributed by atoms with Crippen molar-refractivity contribution >= 4 is 41.5 Å². The fourth-order valence-corrected chi connectivity index (χ4v) is 2.54. The second kappa shape index (κ2) is 13.6. The van der Waals surface area contributed by atoms with E-state index in [1.54, 1.807) is 26.4 Å². The zero-order chi connectivity index (χ0) is 19.5. The number of aryl methyl sites for hydroxylation is 1. The molecule has 2 aromatic rings. The van der Waals surface area contributed by atoms with Gasteiger partial charge < -0.3 is 20.1 Å². The molecular formula is C20H28ClIN4O2. The number of benzene rings is 1. The molecule has 154 valence electrons. The lowest BCUT2D eigenvalue weighted by molar-refractivity contribution is 0.171. The number of halogens is 2. The summed E-state index contributed by atoms with van der Waals surface area (Å²) in [5.41, 5.74) is 3.27. The van der Waals surface area contributed by atoms with Crippen LogP contribution in [0.25, 0.3) is 0 Å². The molecule has 0 atom stereocenters. The third kappa shape index (κ3) is 8.62. The summed E-state index contributed by atoms with van der Waals surface area (Å²) in [7, 11) is 3.44. The van der Waals surface area contributed by atoms with Gasteiger partial charge in [-0.1, -0.05) is 29.8 Å². The number of guanidine groups is 1. The Kier molecular flexibility index (Phi) is 11.9. The minimum atomic E-state index is 0. The van der Waals surface area contributed by atoms with Crippen LogP contribution in [0.3, 0.4) is 0 Å². The van der Waals surface area contributed by atoms with Crippen LogP contribution in [-0.2, 0) is 17.8 Å². The van der Waals surface area contributed by atoms with Gasteiger partial charge in [-0.25, -0.2) is 4.98 Å². The molecule has 0 spiro atoms. The molecule has 2 N–H and O–H groups in total. The molecule has 0 unspecified atom stereocenters.